The van der Waals surface area contributed by atoms with Crippen molar-refractivity contribution in [1.29, 1.82) is 0 Å². The van der Waals surface area contributed by atoms with Gasteiger partial charge in [0.15, 0.2) is 6.10 Å². The largest absolute Gasteiger partial charge is 0.479 e. The topological polar surface area (TPSA) is 63.6 Å². The van der Waals surface area contributed by atoms with Crippen LogP contribution in [0.4, 0.5) is 0 Å². The minimum atomic E-state index is -0.971. The molecule has 1 N–H and O–H groups in total. The van der Waals surface area contributed by atoms with E-state index in [0.29, 0.717) is 17.7 Å². The third-order valence-corrected chi connectivity index (χ3v) is 2.12. The fourth-order valence-corrected chi connectivity index (χ4v) is 1.28. The van der Waals surface area contributed by atoms with E-state index in [2.05, 4.69) is 0 Å². The van der Waals surface area contributed by atoms with Crippen molar-refractivity contribution in [2.24, 2.45) is 0 Å². The van der Waals surface area contributed by atoms with E-state index >= 15 is 0 Å². The summed E-state index contributed by atoms with van der Waals surface area (Å²) in [7, 11) is 0. The lowest BCUT2D eigenvalue weighted by Gasteiger charge is -2.14. The van der Waals surface area contributed by atoms with Gasteiger partial charge in [-0.1, -0.05) is 13.3 Å². The van der Waals surface area contributed by atoms with Gasteiger partial charge in [-0.2, -0.15) is 0 Å². The number of aldehydes is 1. The third kappa shape index (κ3) is 3.38. The summed E-state index contributed by atoms with van der Waals surface area (Å²) in [6.07, 6.45) is 1.10. The summed E-state index contributed by atoms with van der Waals surface area (Å²) in [4.78, 5) is 21.3. The van der Waals surface area contributed by atoms with Crippen molar-refractivity contribution >= 4 is 12.3 Å². The summed E-state index contributed by atoms with van der Waals surface area (Å²) >= 11 is 0. The summed E-state index contributed by atoms with van der Waals surface area (Å²) in [5, 5.41) is 8.89. The van der Waals surface area contributed by atoms with Crippen LogP contribution in [0.25, 0.3) is 0 Å². The second-order valence-corrected chi connectivity index (χ2v) is 3.42. The SMILES string of the molecule is CCCC(Oc1ccc(C=O)cc1)C(=O)O. The zero-order valence-electron chi connectivity index (χ0n) is 9.05. The van der Waals surface area contributed by atoms with Gasteiger partial charge in [-0.05, 0) is 30.7 Å². The molecule has 1 atom stereocenters. The molecule has 4 heteroatoms. The molecule has 0 heterocycles. The van der Waals surface area contributed by atoms with Gasteiger partial charge in [-0.25, -0.2) is 4.79 Å². The Balaban J connectivity index is 2.69. The molecule has 0 saturated carbocycles. The van der Waals surface area contributed by atoms with E-state index in [4.69, 9.17) is 9.84 Å². The standard InChI is InChI=1S/C12H14O4/c1-2-3-11(12(14)15)16-10-6-4-9(8-13)5-7-10/h4-8,11H,2-3H2,1H3,(H,14,15). The molecule has 16 heavy (non-hydrogen) atoms. The van der Waals surface area contributed by atoms with Gasteiger partial charge in [0.05, 0.1) is 0 Å². The molecule has 0 radical (unpaired) electrons. The number of aliphatic carboxylic acids is 1. The maximum Gasteiger partial charge on any atom is 0.344 e. The predicted octanol–water partition coefficient (Wildman–Crippen LogP) is 2.13. The van der Waals surface area contributed by atoms with E-state index in [1.165, 1.54) is 0 Å². The molecular weight excluding hydrogens is 208 g/mol. The fourth-order valence-electron chi connectivity index (χ4n) is 1.28. The van der Waals surface area contributed by atoms with E-state index in [9.17, 15) is 9.59 Å². The van der Waals surface area contributed by atoms with Gasteiger partial charge in [0.25, 0.3) is 0 Å². The maximum atomic E-state index is 10.8. The van der Waals surface area contributed by atoms with Gasteiger partial charge in [0.1, 0.15) is 12.0 Å². The van der Waals surface area contributed by atoms with Gasteiger partial charge in [0, 0.05) is 5.56 Å². The number of hydrogen-bond donors (Lipinski definition) is 1. The Morgan fingerprint density at radius 3 is 2.50 bits per heavy atom. The van der Waals surface area contributed by atoms with E-state index in [1.54, 1.807) is 24.3 Å². The molecule has 0 bridgehead atoms. The molecule has 0 aliphatic carbocycles. The van der Waals surface area contributed by atoms with Gasteiger partial charge < -0.3 is 9.84 Å². The van der Waals surface area contributed by atoms with Crippen LogP contribution in [0.1, 0.15) is 30.1 Å². The van der Waals surface area contributed by atoms with E-state index in [1.807, 2.05) is 6.92 Å². The molecule has 0 amide bonds. The van der Waals surface area contributed by atoms with Crippen molar-refractivity contribution < 1.29 is 19.4 Å². The molecule has 1 aromatic carbocycles. The highest BCUT2D eigenvalue weighted by molar-refractivity contribution is 5.75. The number of benzene rings is 1. The summed E-state index contributed by atoms with van der Waals surface area (Å²) in [5.41, 5.74) is 0.537. The molecule has 0 spiro atoms. The highest BCUT2D eigenvalue weighted by Gasteiger charge is 2.17. The number of carboxylic acid groups (broad SMARTS) is 1. The molecule has 0 fully saturated rings. The van der Waals surface area contributed by atoms with Gasteiger partial charge in [0.2, 0.25) is 0 Å². The van der Waals surface area contributed by atoms with Crippen molar-refractivity contribution in [3.63, 3.8) is 0 Å². The number of carbonyl (C=O) groups excluding carboxylic acids is 1. The summed E-state index contributed by atoms with van der Waals surface area (Å²) in [5.74, 6) is -0.507. The summed E-state index contributed by atoms with van der Waals surface area (Å²) < 4.78 is 5.30. The molecule has 0 aromatic heterocycles. The fraction of sp³-hybridized carbons (Fsp3) is 0.333. The first-order valence-corrected chi connectivity index (χ1v) is 5.12. The average molecular weight is 222 g/mol. The molecule has 1 rings (SSSR count). The van der Waals surface area contributed by atoms with Crippen LogP contribution >= 0.6 is 0 Å². The van der Waals surface area contributed by atoms with Crippen molar-refractivity contribution in [3.8, 4) is 5.75 Å². The average Bonchev–Trinajstić information content (AvgIpc) is 2.29. The smallest absolute Gasteiger partial charge is 0.344 e. The molecule has 0 aliphatic heterocycles. The molecule has 4 nitrogen and oxygen atoms in total. The first kappa shape index (κ1) is 12.2. The zero-order chi connectivity index (χ0) is 12.0. The normalized spacial score (nSPS) is 11.8. The van der Waals surface area contributed by atoms with Gasteiger partial charge in [-0.3, -0.25) is 4.79 Å². The Labute approximate surface area is 93.9 Å². The van der Waals surface area contributed by atoms with Crippen LogP contribution in [-0.4, -0.2) is 23.5 Å². The monoisotopic (exact) mass is 222 g/mol. The Morgan fingerprint density at radius 1 is 1.44 bits per heavy atom. The first-order chi connectivity index (χ1) is 7.67. The van der Waals surface area contributed by atoms with Gasteiger partial charge >= 0.3 is 5.97 Å². The van der Waals surface area contributed by atoms with Gasteiger partial charge in [-0.15, -0.1) is 0 Å². The Morgan fingerprint density at radius 2 is 2.06 bits per heavy atom. The highest BCUT2D eigenvalue weighted by atomic mass is 16.5. The minimum absolute atomic E-state index is 0.463. The summed E-state index contributed by atoms with van der Waals surface area (Å²) in [6.45, 7) is 1.90. The van der Waals surface area contributed by atoms with Crippen LogP contribution < -0.4 is 4.74 Å². The Kier molecular flexibility index (Phi) is 4.51. The van der Waals surface area contributed by atoms with Crippen LogP contribution in [-0.2, 0) is 4.79 Å². The molecular formula is C12H14O4. The van der Waals surface area contributed by atoms with Crippen molar-refractivity contribution in [2.75, 3.05) is 0 Å². The quantitative estimate of drug-likeness (QED) is 0.749. The van der Waals surface area contributed by atoms with Crippen LogP contribution in [0.15, 0.2) is 24.3 Å². The van der Waals surface area contributed by atoms with Crippen LogP contribution in [0.5, 0.6) is 5.75 Å². The lowest BCUT2D eigenvalue weighted by molar-refractivity contribution is -0.145. The Hall–Kier alpha value is -1.84. The second kappa shape index (κ2) is 5.90. The molecule has 0 aliphatic rings. The number of carbonyl (C=O) groups is 2. The first-order valence-electron chi connectivity index (χ1n) is 5.12. The second-order valence-electron chi connectivity index (χ2n) is 3.42. The van der Waals surface area contributed by atoms with E-state index in [0.717, 1.165) is 12.7 Å². The van der Waals surface area contributed by atoms with Crippen molar-refractivity contribution in [3.05, 3.63) is 29.8 Å². The van der Waals surface area contributed by atoms with E-state index in [-0.39, 0.29) is 0 Å². The number of rotatable bonds is 6. The summed E-state index contributed by atoms with van der Waals surface area (Å²) in [6, 6.07) is 6.37. The molecule has 1 aromatic rings. The predicted molar refractivity (Wildman–Crippen MR) is 58.8 cm³/mol. The highest BCUT2D eigenvalue weighted by Crippen LogP contribution is 2.15. The zero-order valence-corrected chi connectivity index (χ0v) is 9.05. The van der Waals surface area contributed by atoms with Crippen molar-refractivity contribution in [1.82, 2.24) is 0 Å². The van der Waals surface area contributed by atoms with Crippen LogP contribution in [0.2, 0.25) is 0 Å². The maximum absolute atomic E-state index is 10.8. The molecule has 86 valence electrons. The Bertz CT molecular complexity index is 356. The molecule has 0 saturated heterocycles. The third-order valence-electron chi connectivity index (χ3n) is 2.12. The van der Waals surface area contributed by atoms with Crippen LogP contribution in [0.3, 0.4) is 0 Å². The van der Waals surface area contributed by atoms with Crippen LogP contribution in [0, 0.1) is 0 Å². The number of carboxylic acids is 1. The lowest BCUT2D eigenvalue weighted by atomic mass is 10.2. The number of ether oxygens (including phenoxy) is 1. The minimum Gasteiger partial charge on any atom is -0.479 e. The number of hydrogen-bond acceptors (Lipinski definition) is 3. The molecule has 1 unspecified atom stereocenters. The van der Waals surface area contributed by atoms with Crippen molar-refractivity contribution in [2.45, 2.75) is 25.9 Å². The lowest BCUT2D eigenvalue weighted by Crippen LogP contribution is -2.26. The van der Waals surface area contributed by atoms with E-state index < -0.39 is 12.1 Å².